The molecule has 0 saturated heterocycles. The number of allylic oxidation sites excluding steroid dienone is 1. The first-order valence-corrected chi connectivity index (χ1v) is 9.10. The van der Waals surface area contributed by atoms with Gasteiger partial charge in [0.1, 0.15) is 0 Å². The fraction of sp³-hybridized carbons (Fsp3) is 0.286. The zero-order valence-corrected chi connectivity index (χ0v) is 15.4. The maximum absolute atomic E-state index is 6.30. The number of benzene rings is 1. The molecule has 0 N–H and O–H groups in total. The highest BCUT2D eigenvalue weighted by molar-refractivity contribution is 6.31. The van der Waals surface area contributed by atoms with E-state index in [-0.39, 0.29) is 0 Å². The van der Waals surface area contributed by atoms with Gasteiger partial charge in [0.05, 0.1) is 5.52 Å². The highest BCUT2D eigenvalue weighted by Gasteiger charge is 2.20. The molecule has 0 saturated carbocycles. The smallest absolute Gasteiger partial charge is 0.0529 e. The Morgan fingerprint density at radius 3 is 2.68 bits per heavy atom. The van der Waals surface area contributed by atoms with Crippen LogP contribution in [0.2, 0.25) is 5.02 Å². The molecule has 1 aliphatic rings. The monoisotopic (exact) mass is 351 g/mol. The third-order valence-electron chi connectivity index (χ3n) is 5.11. The third kappa shape index (κ3) is 3.10. The molecule has 0 spiro atoms. The van der Waals surface area contributed by atoms with Crippen LogP contribution in [-0.2, 0) is 12.8 Å². The Morgan fingerprint density at radius 2 is 1.88 bits per heavy atom. The molecule has 0 atom stereocenters. The van der Waals surface area contributed by atoms with Gasteiger partial charge in [-0.15, -0.1) is 0 Å². The van der Waals surface area contributed by atoms with Gasteiger partial charge in [0.2, 0.25) is 0 Å². The number of hydrogen-bond acceptors (Lipinski definition) is 2. The molecule has 0 radical (unpaired) electrons. The fourth-order valence-corrected chi connectivity index (χ4v) is 3.87. The fourth-order valence-electron chi connectivity index (χ4n) is 3.70. The van der Waals surface area contributed by atoms with Gasteiger partial charge in [-0.1, -0.05) is 11.6 Å². The maximum Gasteiger partial charge on any atom is 0.0529 e. The molecule has 0 amide bonds. The Kier molecular flexibility index (Phi) is 4.36. The first-order valence-electron chi connectivity index (χ1n) is 8.72. The molecule has 4 rings (SSSR count). The van der Waals surface area contributed by atoms with E-state index in [0.717, 1.165) is 31.0 Å². The van der Waals surface area contributed by atoms with Gasteiger partial charge in [-0.05, 0) is 67.4 Å². The average molecular weight is 352 g/mol. The van der Waals surface area contributed by atoms with Crippen molar-refractivity contribution in [1.82, 2.24) is 14.5 Å². The van der Waals surface area contributed by atoms with Crippen molar-refractivity contribution >= 4 is 34.3 Å². The van der Waals surface area contributed by atoms with E-state index in [1.165, 1.54) is 33.3 Å². The molecular weight excluding hydrogens is 330 g/mol. The van der Waals surface area contributed by atoms with Gasteiger partial charge in [0.25, 0.3) is 0 Å². The first-order chi connectivity index (χ1) is 12.1. The van der Waals surface area contributed by atoms with Crippen molar-refractivity contribution < 1.29 is 0 Å². The third-order valence-corrected chi connectivity index (χ3v) is 5.35. The molecule has 1 aromatic carbocycles. The molecule has 2 aromatic heterocycles. The van der Waals surface area contributed by atoms with Crippen LogP contribution in [0.25, 0.3) is 22.7 Å². The summed E-state index contributed by atoms with van der Waals surface area (Å²) in [5.41, 5.74) is 6.53. The summed E-state index contributed by atoms with van der Waals surface area (Å²) in [5, 5.41) is 2.09. The van der Waals surface area contributed by atoms with Crippen molar-refractivity contribution in [2.24, 2.45) is 0 Å². The SMILES string of the molecule is CC(=Cn1c2c(c3cc(Cl)ccc31)CCN(C)CC2)c1ccncc1. The van der Waals surface area contributed by atoms with Gasteiger partial charge in [-0.2, -0.15) is 0 Å². The second-order valence-corrected chi connectivity index (χ2v) is 7.24. The minimum atomic E-state index is 0.805. The molecule has 1 aliphatic heterocycles. The van der Waals surface area contributed by atoms with Crippen molar-refractivity contribution in [3.8, 4) is 0 Å². The minimum absolute atomic E-state index is 0.805. The Hall–Kier alpha value is -2.10. The summed E-state index contributed by atoms with van der Waals surface area (Å²) >= 11 is 6.30. The lowest BCUT2D eigenvalue weighted by molar-refractivity contribution is 0.351. The van der Waals surface area contributed by atoms with E-state index in [1.807, 2.05) is 18.5 Å². The van der Waals surface area contributed by atoms with Crippen LogP contribution in [0.15, 0.2) is 42.7 Å². The topological polar surface area (TPSA) is 21.1 Å². The van der Waals surface area contributed by atoms with Crippen molar-refractivity contribution in [1.29, 1.82) is 0 Å². The normalized spacial score (nSPS) is 16.0. The number of pyridine rings is 1. The lowest BCUT2D eigenvalue weighted by Crippen LogP contribution is -2.21. The number of aromatic nitrogens is 2. The maximum atomic E-state index is 6.30. The Bertz CT molecular complexity index is 941. The van der Waals surface area contributed by atoms with E-state index < -0.39 is 0 Å². The van der Waals surface area contributed by atoms with Crippen LogP contribution in [0, 0.1) is 0 Å². The summed E-state index contributed by atoms with van der Waals surface area (Å²) in [6.45, 7) is 4.33. The predicted molar refractivity (Wildman–Crippen MR) is 106 cm³/mol. The lowest BCUT2D eigenvalue weighted by Gasteiger charge is -2.13. The van der Waals surface area contributed by atoms with Crippen LogP contribution in [0.4, 0.5) is 0 Å². The summed E-state index contributed by atoms with van der Waals surface area (Å²) in [7, 11) is 2.20. The minimum Gasteiger partial charge on any atom is -0.320 e. The molecule has 0 bridgehead atoms. The highest BCUT2D eigenvalue weighted by Crippen LogP contribution is 2.32. The lowest BCUT2D eigenvalue weighted by atomic mass is 10.1. The molecule has 0 unspecified atom stereocenters. The number of halogens is 1. The number of likely N-dealkylation sites (N-methyl/N-ethyl adjacent to an activating group) is 1. The van der Waals surface area contributed by atoms with E-state index in [9.17, 15) is 0 Å². The van der Waals surface area contributed by atoms with Gasteiger partial charge in [-0.3, -0.25) is 4.98 Å². The second-order valence-electron chi connectivity index (χ2n) is 6.81. The largest absolute Gasteiger partial charge is 0.320 e. The second kappa shape index (κ2) is 6.66. The molecule has 128 valence electrons. The number of rotatable bonds is 2. The molecule has 0 aliphatic carbocycles. The standard InChI is InChI=1S/C21H22ClN3/c1-15(16-5-9-23-10-6-16)14-25-20-4-3-17(22)13-19(20)18-7-11-24(2)12-8-21(18)25/h3-6,9-10,13-14H,7-8,11-12H2,1-2H3. The molecular formula is C21H22ClN3. The Morgan fingerprint density at radius 1 is 1.12 bits per heavy atom. The molecule has 3 aromatic rings. The predicted octanol–water partition coefficient (Wildman–Crippen LogP) is 4.74. The quantitative estimate of drug-likeness (QED) is 0.665. The molecule has 3 nitrogen and oxygen atoms in total. The van der Waals surface area contributed by atoms with E-state index >= 15 is 0 Å². The van der Waals surface area contributed by atoms with Crippen molar-refractivity contribution in [2.75, 3.05) is 20.1 Å². The van der Waals surface area contributed by atoms with E-state index in [0.29, 0.717) is 0 Å². The number of nitrogens with zero attached hydrogens (tertiary/aromatic N) is 3. The van der Waals surface area contributed by atoms with Gasteiger partial charge in [0.15, 0.2) is 0 Å². The van der Waals surface area contributed by atoms with Crippen molar-refractivity contribution in [2.45, 2.75) is 19.8 Å². The molecule has 25 heavy (non-hydrogen) atoms. The van der Waals surface area contributed by atoms with Gasteiger partial charge in [0, 0.05) is 54.2 Å². The average Bonchev–Trinajstić information content (AvgIpc) is 2.76. The Balaban J connectivity index is 1.91. The zero-order valence-electron chi connectivity index (χ0n) is 14.7. The highest BCUT2D eigenvalue weighted by atomic mass is 35.5. The summed E-state index contributed by atoms with van der Waals surface area (Å²) in [6, 6.07) is 10.4. The van der Waals surface area contributed by atoms with Crippen LogP contribution in [-0.4, -0.2) is 34.6 Å². The molecule has 4 heteroatoms. The zero-order chi connectivity index (χ0) is 17.4. The summed E-state index contributed by atoms with van der Waals surface area (Å²) in [6.07, 6.45) is 8.07. The van der Waals surface area contributed by atoms with Gasteiger partial charge >= 0.3 is 0 Å². The van der Waals surface area contributed by atoms with Crippen LogP contribution >= 0.6 is 11.6 Å². The van der Waals surface area contributed by atoms with Crippen molar-refractivity contribution in [3.63, 3.8) is 0 Å². The summed E-state index contributed by atoms with van der Waals surface area (Å²) < 4.78 is 2.37. The van der Waals surface area contributed by atoms with Crippen LogP contribution < -0.4 is 0 Å². The molecule has 0 fully saturated rings. The van der Waals surface area contributed by atoms with E-state index in [4.69, 9.17) is 11.6 Å². The molecule has 3 heterocycles. The van der Waals surface area contributed by atoms with E-state index in [2.05, 4.69) is 58.9 Å². The van der Waals surface area contributed by atoms with Crippen molar-refractivity contribution in [3.05, 3.63) is 64.6 Å². The van der Waals surface area contributed by atoms with Crippen LogP contribution in [0.3, 0.4) is 0 Å². The number of fused-ring (bicyclic) bond motifs is 3. The van der Waals surface area contributed by atoms with Gasteiger partial charge in [-0.25, -0.2) is 0 Å². The van der Waals surface area contributed by atoms with Gasteiger partial charge < -0.3 is 9.47 Å². The van der Waals surface area contributed by atoms with Crippen LogP contribution in [0.5, 0.6) is 0 Å². The van der Waals surface area contributed by atoms with E-state index in [1.54, 1.807) is 0 Å². The number of hydrogen-bond donors (Lipinski definition) is 0. The summed E-state index contributed by atoms with van der Waals surface area (Å²) in [4.78, 5) is 6.52. The Labute approximate surface area is 153 Å². The first kappa shape index (κ1) is 16.4. The van der Waals surface area contributed by atoms with Crippen LogP contribution in [0.1, 0.15) is 23.7 Å². The summed E-state index contributed by atoms with van der Waals surface area (Å²) in [5.74, 6) is 0.